The summed E-state index contributed by atoms with van der Waals surface area (Å²) >= 11 is 1.86. The highest BCUT2D eigenvalue weighted by Crippen LogP contribution is 2.20. The molecule has 0 saturated carbocycles. The molecule has 0 spiro atoms. The van der Waals surface area contributed by atoms with Crippen molar-refractivity contribution in [3.8, 4) is 0 Å². The topological polar surface area (TPSA) is 35.6 Å². The Hall–Kier alpha value is -0.260. The number of thioether (sulfide) groups is 1. The summed E-state index contributed by atoms with van der Waals surface area (Å²) in [6, 6.07) is 0. The molecule has 1 N–H and O–H groups in total. The van der Waals surface area contributed by atoms with Crippen molar-refractivity contribution in [2.75, 3.05) is 52.1 Å². The van der Waals surface area contributed by atoms with Gasteiger partial charge in [-0.3, -0.25) is 4.79 Å². The van der Waals surface area contributed by atoms with Crippen molar-refractivity contribution in [3.63, 3.8) is 0 Å². The van der Waals surface area contributed by atoms with Gasteiger partial charge in [-0.15, -0.1) is 11.8 Å². The van der Waals surface area contributed by atoms with Crippen molar-refractivity contribution >= 4 is 17.7 Å². The molecule has 2 heterocycles. The molecule has 4 nitrogen and oxygen atoms in total. The Balaban J connectivity index is 1.66. The van der Waals surface area contributed by atoms with E-state index >= 15 is 0 Å². The Morgan fingerprint density at radius 2 is 1.88 bits per heavy atom. The fourth-order valence-corrected chi connectivity index (χ4v) is 3.43. The standard InChI is InChI=1S/C12H23N3OS/c1-14-6-8-15(9-7-14)12(16)10-17-11-2-4-13-5-3-11/h11,13H,2-10H2,1H3. The highest BCUT2D eigenvalue weighted by Gasteiger charge is 2.21. The molecule has 98 valence electrons. The summed E-state index contributed by atoms with van der Waals surface area (Å²) in [6.07, 6.45) is 2.42. The third kappa shape index (κ3) is 4.16. The van der Waals surface area contributed by atoms with Gasteiger partial charge in [0.05, 0.1) is 5.75 Å². The Bertz CT molecular complexity index is 248. The van der Waals surface area contributed by atoms with Crippen LogP contribution in [0, 0.1) is 0 Å². The van der Waals surface area contributed by atoms with Crippen molar-refractivity contribution in [2.24, 2.45) is 0 Å². The van der Waals surface area contributed by atoms with Gasteiger partial charge in [0.15, 0.2) is 0 Å². The molecule has 0 aliphatic carbocycles. The second-order valence-electron chi connectivity index (χ2n) is 4.94. The first-order valence-electron chi connectivity index (χ1n) is 6.54. The molecule has 0 aromatic heterocycles. The van der Waals surface area contributed by atoms with Crippen LogP contribution in [0.5, 0.6) is 0 Å². The molecule has 0 aromatic rings. The molecule has 0 unspecified atom stereocenters. The van der Waals surface area contributed by atoms with E-state index in [0.29, 0.717) is 16.9 Å². The zero-order valence-electron chi connectivity index (χ0n) is 10.7. The maximum Gasteiger partial charge on any atom is 0.232 e. The van der Waals surface area contributed by atoms with Crippen LogP contribution in [0.15, 0.2) is 0 Å². The van der Waals surface area contributed by atoms with Crippen LogP contribution in [0.25, 0.3) is 0 Å². The van der Waals surface area contributed by atoms with Crippen molar-refractivity contribution in [1.82, 2.24) is 15.1 Å². The maximum absolute atomic E-state index is 12.0. The zero-order chi connectivity index (χ0) is 12.1. The summed E-state index contributed by atoms with van der Waals surface area (Å²) < 4.78 is 0. The predicted octanol–water partition coefficient (Wildman–Crippen LogP) is 0.246. The van der Waals surface area contributed by atoms with Crippen molar-refractivity contribution in [2.45, 2.75) is 18.1 Å². The molecule has 2 aliphatic heterocycles. The number of hydrogen-bond acceptors (Lipinski definition) is 4. The van der Waals surface area contributed by atoms with Gasteiger partial charge in [-0.1, -0.05) is 0 Å². The van der Waals surface area contributed by atoms with Crippen molar-refractivity contribution in [1.29, 1.82) is 0 Å². The number of hydrogen-bond donors (Lipinski definition) is 1. The van der Waals surface area contributed by atoms with E-state index in [9.17, 15) is 4.79 Å². The normalized spacial score (nSPS) is 23.9. The molecular weight excluding hydrogens is 234 g/mol. The van der Waals surface area contributed by atoms with Gasteiger partial charge in [0.1, 0.15) is 0 Å². The molecule has 2 rings (SSSR count). The minimum Gasteiger partial charge on any atom is -0.339 e. The van der Waals surface area contributed by atoms with Crippen molar-refractivity contribution in [3.05, 3.63) is 0 Å². The van der Waals surface area contributed by atoms with Gasteiger partial charge in [-0.05, 0) is 33.0 Å². The van der Waals surface area contributed by atoms with Crippen LogP contribution in [0.4, 0.5) is 0 Å². The van der Waals surface area contributed by atoms with E-state index < -0.39 is 0 Å². The van der Waals surface area contributed by atoms with E-state index in [4.69, 9.17) is 0 Å². The molecule has 2 fully saturated rings. The number of piperazine rings is 1. The third-order valence-electron chi connectivity index (χ3n) is 3.58. The quantitative estimate of drug-likeness (QED) is 0.786. The largest absolute Gasteiger partial charge is 0.339 e. The molecule has 0 radical (unpaired) electrons. The van der Waals surface area contributed by atoms with Crippen LogP contribution in [0.2, 0.25) is 0 Å². The zero-order valence-corrected chi connectivity index (χ0v) is 11.5. The number of piperidine rings is 1. The average Bonchev–Trinajstić information content (AvgIpc) is 2.38. The molecule has 0 atom stereocenters. The van der Waals surface area contributed by atoms with E-state index in [-0.39, 0.29) is 0 Å². The van der Waals surface area contributed by atoms with Crippen LogP contribution >= 0.6 is 11.8 Å². The lowest BCUT2D eigenvalue weighted by Gasteiger charge is -2.32. The summed E-state index contributed by atoms with van der Waals surface area (Å²) in [7, 11) is 2.12. The first-order valence-corrected chi connectivity index (χ1v) is 7.59. The minimum absolute atomic E-state index is 0.335. The lowest BCUT2D eigenvalue weighted by Crippen LogP contribution is -2.47. The predicted molar refractivity (Wildman–Crippen MR) is 72.4 cm³/mol. The highest BCUT2D eigenvalue weighted by atomic mass is 32.2. The molecule has 5 heteroatoms. The smallest absolute Gasteiger partial charge is 0.232 e. The second kappa shape index (κ2) is 6.61. The van der Waals surface area contributed by atoms with E-state index in [1.165, 1.54) is 12.8 Å². The van der Waals surface area contributed by atoms with E-state index in [1.54, 1.807) is 0 Å². The molecule has 2 aliphatic rings. The average molecular weight is 257 g/mol. The monoisotopic (exact) mass is 257 g/mol. The van der Waals surface area contributed by atoms with Crippen LogP contribution in [0.1, 0.15) is 12.8 Å². The van der Waals surface area contributed by atoms with E-state index in [1.807, 2.05) is 16.7 Å². The lowest BCUT2D eigenvalue weighted by molar-refractivity contribution is -0.129. The number of carbonyl (C=O) groups excluding carboxylic acids is 1. The molecular formula is C12H23N3OS. The molecule has 2 saturated heterocycles. The number of rotatable bonds is 3. The third-order valence-corrected chi connectivity index (χ3v) is 4.94. The summed E-state index contributed by atoms with van der Waals surface area (Å²) in [5.41, 5.74) is 0. The van der Waals surface area contributed by atoms with Crippen LogP contribution in [-0.4, -0.2) is 73.0 Å². The number of carbonyl (C=O) groups is 1. The Kier molecular flexibility index (Phi) is 5.13. The fraction of sp³-hybridized carbons (Fsp3) is 0.917. The van der Waals surface area contributed by atoms with Gasteiger partial charge in [0.25, 0.3) is 0 Å². The number of nitrogens with one attached hydrogen (secondary N) is 1. The number of likely N-dealkylation sites (N-methyl/N-ethyl adjacent to an activating group) is 1. The van der Waals surface area contributed by atoms with Gasteiger partial charge in [-0.25, -0.2) is 0 Å². The van der Waals surface area contributed by atoms with Crippen LogP contribution in [-0.2, 0) is 4.79 Å². The van der Waals surface area contributed by atoms with Crippen LogP contribution in [0.3, 0.4) is 0 Å². The van der Waals surface area contributed by atoms with E-state index in [0.717, 1.165) is 39.3 Å². The number of nitrogens with zero attached hydrogens (tertiary/aromatic N) is 2. The number of amides is 1. The highest BCUT2D eigenvalue weighted by molar-refractivity contribution is 8.00. The van der Waals surface area contributed by atoms with Gasteiger partial charge in [0.2, 0.25) is 5.91 Å². The summed E-state index contributed by atoms with van der Waals surface area (Å²) in [5, 5.41) is 4.04. The van der Waals surface area contributed by atoms with E-state index in [2.05, 4.69) is 17.3 Å². The lowest BCUT2D eigenvalue weighted by atomic mass is 10.2. The second-order valence-corrected chi connectivity index (χ2v) is 6.23. The Morgan fingerprint density at radius 1 is 1.24 bits per heavy atom. The molecule has 0 bridgehead atoms. The molecule has 0 aromatic carbocycles. The first kappa shape index (κ1) is 13.2. The molecule has 17 heavy (non-hydrogen) atoms. The van der Waals surface area contributed by atoms with Gasteiger partial charge in [0, 0.05) is 31.4 Å². The Labute approximate surface area is 108 Å². The summed E-state index contributed by atoms with van der Waals surface area (Å²) in [6.45, 7) is 6.07. The Morgan fingerprint density at radius 3 is 2.53 bits per heavy atom. The fourth-order valence-electron chi connectivity index (χ4n) is 2.30. The first-order chi connectivity index (χ1) is 8.25. The van der Waals surface area contributed by atoms with Gasteiger partial charge < -0.3 is 15.1 Å². The van der Waals surface area contributed by atoms with Gasteiger partial charge in [-0.2, -0.15) is 0 Å². The summed E-state index contributed by atoms with van der Waals surface area (Å²) in [5.74, 6) is 1.01. The SMILES string of the molecule is CN1CCN(C(=O)CSC2CCNCC2)CC1. The maximum atomic E-state index is 12.0. The van der Waals surface area contributed by atoms with Gasteiger partial charge >= 0.3 is 0 Å². The minimum atomic E-state index is 0.335. The molecule has 1 amide bonds. The summed E-state index contributed by atoms with van der Waals surface area (Å²) in [4.78, 5) is 16.3. The van der Waals surface area contributed by atoms with Crippen LogP contribution < -0.4 is 5.32 Å². The van der Waals surface area contributed by atoms with Crippen molar-refractivity contribution < 1.29 is 4.79 Å².